The Balaban J connectivity index is 1.51. The first kappa shape index (κ1) is 16.7. The normalized spacial score (nSPS) is 18.1. The molecule has 130 valence electrons. The van der Waals surface area contributed by atoms with Gasteiger partial charge in [0.25, 0.3) is 0 Å². The van der Waals surface area contributed by atoms with Crippen molar-refractivity contribution in [2.24, 2.45) is 0 Å². The van der Waals surface area contributed by atoms with Crippen LogP contribution in [0, 0.1) is 6.92 Å². The Morgan fingerprint density at radius 1 is 1.46 bits per heavy atom. The van der Waals surface area contributed by atoms with Crippen molar-refractivity contribution in [2.45, 2.75) is 58.4 Å². The molecule has 1 amide bonds. The molecule has 0 aromatic carbocycles. The standard InChI is InChI=1S/C17H25N5O2/c1-3-15-18-9-11-22(15)14-6-5-10-21(12-14)17(23)8-4-7-16-19-13(2)20-24-16/h9,11,14H,3-8,10,12H2,1-2H3/t14-/m0/s1. The lowest BCUT2D eigenvalue weighted by molar-refractivity contribution is -0.132. The van der Waals surface area contributed by atoms with E-state index in [4.69, 9.17) is 4.52 Å². The van der Waals surface area contributed by atoms with Crippen molar-refractivity contribution < 1.29 is 9.32 Å². The van der Waals surface area contributed by atoms with Crippen LogP contribution in [0.25, 0.3) is 0 Å². The molecule has 1 atom stereocenters. The average Bonchev–Trinajstić information content (AvgIpc) is 3.23. The average molecular weight is 331 g/mol. The highest BCUT2D eigenvalue weighted by Gasteiger charge is 2.25. The van der Waals surface area contributed by atoms with Crippen LogP contribution in [-0.4, -0.2) is 43.6 Å². The summed E-state index contributed by atoms with van der Waals surface area (Å²) in [5.41, 5.74) is 0. The van der Waals surface area contributed by atoms with Gasteiger partial charge in [-0.3, -0.25) is 4.79 Å². The summed E-state index contributed by atoms with van der Waals surface area (Å²) in [6.45, 7) is 5.55. The molecule has 2 aromatic heterocycles. The van der Waals surface area contributed by atoms with E-state index in [2.05, 4.69) is 26.6 Å². The molecule has 0 radical (unpaired) electrons. The van der Waals surface area contributed by atoms with Gasteiger partial charge >= 0.3 is 0 Å². The molecule has 0 spiro atoms. The minimum absolute atomic E-state index is 0.217. The van der Waals surface area contributed by atoms with Gasteiger partial charge < -0.3 is 14.0 Å². The number of aryl methyl sites for hydroxylation is 3. The number of carbonyl (C=O) groups is 1. The molecule has 7 nitrogen and oxygen atoms in total. The monoisotopic (exact) mass is 331 g/mol. The van der Waals surface area contributed by atoms with E-state index in [1.165, 1.54) is 0 Å². The minimum atomic E-state index is 0.217. The highest BCUT2D eigenvalue weighted by atomic mass is 16.5. The SMILES string of the molecule is CCc1nccn1[C@H]1CCCN(C(=O)CCCc2nc(C)no2)C1. The van der Waals surface area contributed by atoms with Crippen molar-refractivity contribution >= 4 is 5.91 Å². The van der Waals surface area contributed by atoms with Crippen LogP contribution in [0.2, 0.25) is 0 Å². The number of carbonyl (C=O) groups excluding carboxylic acids is 1. The molecular formula is C17H25N5O2. The van der Waals surface area contributed by atoms with E-state index in [-0.39, 0.29) is 5.91 Å². The van der Waals surface area contributed by atoms with E-state index < -0.39 is 0 Å². The van der Waals surface area contributed by atoms with Crippen molar-refractivity contribution in [1.29, 1.82) is 0 Å². The Morgan fingerprint density at radius 3 is 3.08 bits per heavy atom. The van der Waals surface area contributed by atoms with Crippen LogP contribution < -0.4 is 0 Å². The summed E-state index contributed by atoms with van der Waals surface area (Å²) in [6.07, 6.45) is 8.88. The lowest BCUT2D eigenvalue weighted by Crippen LogP contribution is -2.40. The lowest BCUT2D eigenvalue weighted by Gasteiger charge is -2.34. The number of hydrogen-bond acceptors (Lipinski definition) is 5. The molecule has 0 aliphatic carbocycles. The molecule has 1 aliphatic rings. The maximum absolute atomic E-state index is 12.5. The number of aromatic nitrogens is 4. The second kappa shape index (κ2) is 7.59. The van der Waals surface area contributed by atoms with E-state index in [9.17, 15) is 4.79 Å². The van der Waals surface area contributed by atoms with Gasteiger partial charge in [0.1, 0.15) is 5.82 Å². The van der Waals surface area contributed by atoms with E-state index in [1.54, 1.807) is 6.92 Å². The molecular weight excluding hydrogens is 306 g/mol. The van der Waals surface area contributed by atoms with Crippen LogP contribution >= 0.6 is 0 Å². The van der Waals surface area contributed by atoms with Crippen molar-refractivity contribution in [3.8, 4) is 0 Å². The van der Waals surface area contributed by atoms with Crippen LogP contribution in [0.3, 0.4) is 0 Å². The van der Waals surface area contributed by atoms with E-state index in [0.29, 0.717) is 30.6 Å². The van der Waals surface area contributed by atoms with Crippen LogP contribution in [0.1, 0.15) is 56.2 Å². The third-order valence-electron chi connectivity index (χ3n) is 4.56. The first-order chi connectivity index (χ1) is 11.7. The summed E-state index contributed by atoms with van der Waals surface area (Å²) in [6, 6.07) is 0.346. The summed E-state index contributed by atoms with van der Waals surface area (Å²) < 4.78 is 7.32. The third kappa shape index (κ3) is 3.83. The summed E-state index contributed by atoms with van der Waals surface area (Å²) in [5, 5.41) is 3.77. The molecule has 0 saturated carbocycles. The zero-order valence-corrected chi connectivity index (χ0v) is 14.4. The summed E-state index contributed by atoms with van der Waals surface area (Å²) in [7, 11) is 0. The van der Waals surface area contributed by atoms with Gasteiger partial charge in [0.15, 0.2) is 5.82 Å². The molecule has 0 N–H and O–H groups in total. The fourth-order valence-corrected chi connectivity index (χ4v) is 3.35. The van der Waals surface area contributed by atoms with Crippen molar-refractivity contribution in [2.75, 3.05) is 13.1 Å². The van der Waals surface area contributed by atoms with Gasteiger partial charge in [-0.1, -0.05) is 12.1 Å². The lowest BCUT2D eigenvalue weighted by atomic mass is 10.0. The number of piperidine rings is 1. The number of rotatable bonds is 6. The third-order valence-corrected chi connectivity index (χ3v) is 4.56. The van der Waals surface area contributed by atoms with Crippen LogP contribution in [0.5, 0.6) is 0 Å². The fourth-order valence-electron chi connectivity index (χ4n) is 3.35. The van der Waals surface area contributed by atoms with Gasteiger partial charge in [-0.15, -0.1) is 0 Å². The maximum Gasteiger partial charge on any atom is 0.226 e. The molecule has 3 heterocycles. The minimum Gasteiger partial charge on any atom is -0.341 e. The zero-order chi connectivity index (χ0) is 16.9. The molecule has 0 bridgehead atoms. The van der Waals surface area contributed by atoms with Crippen molar-refractivity contribution in [3.63, 3.8) is 0 Å². The summed E-state index contributed by atoms with van der Waals surface area (Å²) in [5.74, 6) is 2.57. The van der Waals surface area contributed by atoms with E-state index >= 15 is 0 Å². The molecule has 0 unspecified atom stereocenters. The predicted octanol–water partition coefficient (Wildman–Crippen LogP) is 2.32. The zero-order valence-electron chi connectivity index (χ0n) is 14.4. The van der Waals surface area contributed by atoms with Gasteiger partial charge in [0.05, 0.1) is 6.04 Å². The van der Waals surface area contributed by atoms with E-state index in [0.717, 1.165) is 44.6 Å². The first-order valence-corrected chi connectivity index (χ1v) is 8.76. The number of amides is 1. The largest absolute Gasteiger partial charge is 0.341 e. The molecule has 7 heteroatoms. The highest BCUT2D eigenvalue weighted by molar-refractivity contribution is 5.76. The quantitative estimate of drug-likeness (QED) is 0.812. The highest BCUT2D eigenvalue weighted by Crippen LogP contribution is 2.23. The summed E-state index contributed by atoms with van der Waals surface area (Å²) >= 11 is 0. The van der Waals surface area contributed by atoms with Gasteiger partial charge in [0.2, 0.25) is 11.8 Å². The smallest absolute Gasteiger partial charge is 0.226 e. The van der Waals surface area contributed by atoms with Crippen LogP contribution in [-0.2, 0) is 17.6 Å². The van der Waals surface area contributed by atoms with Crippen molar-refractivity contribution in [3.05, 3.63) is 29.9 Å². The predicted molar refractivity (Wildman–Crippen MR) is 88.4 cm³/mol. The van der Waals surface area contributed by atoms with Gasteiger partial charge in [-0.25, -0.2) is 4.98 Å². The van der Waals surface area contributed by atoms with Crippen molar-refractivity contribution in [1.82, 2.24) is 24.6 Å². The van der Waals surface area contributed by atoms with Gasteiger partial charge in [-0.05, 0) is 26.2 Å². The van der Waals surface area contributed by atoms with Crippen LogP contribution in [0.15, 0.2) is 16.9 Å². The number of nitrogens with zero attached hydrogens (tertiary/aromatic N) is 5. The second-order valence-electron chi connectivity index (χ2n) is 6.33. The van der Waals surface area contributed by atoms with E-state index in [1.807, 2.05) is 17.3 Å². The number of likely N-dealkylation sites (tertiary alicyclic amines) is 1. The first-order valence-electron chi connectivity index (χ1n) is 8.76. The Labute approximate surface area is 142 Å². The topological polar surface area (TPSA) is 77.1 Å². The molecule has 1 saturated heterocycles. The molecule has 1 fully saturated rings. The van der Waals surface area contributed by atoms with Gasteiger partial charge in [-0.2, -0.15) is 4.98 Å². The Hall–Kier alpha value is -2.18. The Bertz CT molecular complexity index is 678. The molecule has 24 heavy (non-hydrogen) atoms. The van der Waals surface area contributed by atoms with Gasteiger partial charge in [0, 0.05) is 44.7 Å². The molecule has 2 aromatic rings. The molecule has 1 aliphatic heterocycles. The Morgan fingerprint density at radius 2 is 2.33 bits per heavy atom. The second-order valence-corrected chi connectivity index (χ2v) is 6.33. The maximum atomic E-state index is 12.5. The summed E-state index contributed by atoms with van der Waals surface area (Å²) in [4.78, 5) is 23.1. The fraction of sp³-hybridized carbons (Fsp3) is 0.647. The Kier molecular flexibility index (Phi) is 5.27. The van der Waals surface area contributed by atoms with Crippen LogP contribution in [0.4, 0.5) is 0 Å². The number of imidazole rings is 1. The number of hydrogen-bond donors (Lipinski definition) is 0. The molecule has 3 rings (SSSR count).